The predicted molar refractivity (Wildman–Crippen MR) is 79.8 cm³/mol. The number of aromatic nitrogens is 1. The van der Waals surface area contributed by atoms with E-state index >= 15 is 0 Å². The number of halogens is 1. The Labute approximate surface area is 121 Å². The van der Waals surface area contributed by atoms with Gasteiger partial charge in [-0.25, -0.2) is 0 Å². The lowest BCUT2D eigenvalue weighted by Gasteiger charge is -2.12. The highest BCUT2D eigenvalue weighted by atomic mass is 79.9. The molecule has 2 N–H and O–H groups in total. The predicted octanol–water partition coefficient (Wildman–Crippen LogP) is 2.98. The Morgan fingerprint density at radius 2 is 2.21 bits per heavy atom. The first kappa shape index (κ1) is 14.2. The summed E-state index contributed by atoms with van der Waals surface area (Å²) in [7, 11) is 0. The normalized spacial score (nSPS) is 12.4. The summed E-state index contributed by atoms with van der Waals surface area (Å²) in [5, 5.41) is 13.3. The Hall–Kier alpha value is -1.23. The van der Waals surface area contributed by atoms with E-state index in [1.54, 1.807) is 12.4 Å². The average Bonchev–Trinajstić information content (AvgIpc) is 2.42. The fourth-order valence-electron chi connectivity index (χ4n) is 1.83. The third kappa shape index (κ3) is 4.13. The summed E-state index contributed by atoms with van der Waals surface area (Å²) in [6, 6.07) is 9.97. The second kappa shape index (κ2) is 6.80. The van der Waals surface area contributed by atoms with Crippen molar-refractivity contribution in [1.29, 1.82) is 0 Å². The molecule has 1 aromatic heterocycles. The van der Waals surface area contributed by atoms with E-state index in [1.807, 2.05) is 12.1 Å². The van der Waals surface area contributed by atoms with E-state index in [4.69, 9.17) is 0 Å². The monoisotopic (exact) mass is 320 g/mol. The van der Waals surface area contributed by atoms with E-state index in [1.165, 1.54) is 11.1 Å². The second-order valence-corrected chi connectivity index (χ2v) is 5.38. The number of hydrogen-bond acceptors (Lipinski definition) is 3. The molecular formula is C15H17BrN2O. The molecule has 1 aromatic carbocycles. The second-order valence-electron chi connectivity index (χ2n) is 4.53. The summed E-state index contributed by atoms with van der Waals surface area (Å²) in [6.45, 7) is 3.29. The Kier molecular flexibility index (Phi) is 5.07. The van der Waals surface area contributed by atoms with E-state index in [0.29, 0.717) is 6.54 Å². The van der Waals surface area contributed by atoms with Gasteiger partial charge in [0.25, 0.3) is 0 Å². The molecule has 0 radical (unpaired) electrons. The largest absolute Gasteiger partial charge is 0.387 e. The summed E-state index contributed by atoms with van der Waals surface area (Å²) < 4.78 is 1.09. The minimum absolute atomic E-state index is 0.506. The van der Waals surface area contributed by atoms with Gasteiger partial charge in [-0.1, -0.05) is 34.1 Å². The maximum atomic E-state index is 10.00. The van der Waals surface area contributed by atoms with Crippen LogP contribution in [0.15, 0.2) is 47.2 Å². The molecule has 0 fully saturated rings. The Bertz CT molecular complexity index is 531. The molecule has 1 atom stereocenters. The summed E-state index contributed by atoms with van der Waals surface area (Å²) in [5.41, 5.74) is 3.24. The van der Waals surface area contributed by atoms with Gasteiger partial charge in [-0.2, -0.15) is 0 Å². The quantitative estimate of drug-likeness (QED) is 0.890. The highest BCUT2D eigenvalue weighted by Crippen LogP contribution is 2.18. The molecule has 2 aromatic rings. The lowest BCUT2D eigenvalue weighted by atomic mass is 10.1. The van der Waals surface area contributed by atoms with Crippen LogP contribution in [0.3, 0.4) is 0 Å². The number of aryl methyl sites for hydroxylation is 1. The van der Waals surface area contributed by atoms with Crippen molar-refractivity contribution in [3.05, 3.63) is 63.9 Å². The van der Waals surface area contributed by atoms with Crippen molar-refractivity contribution in [1.82, 2.24) is 10.3 Å². The molecule has 0 saturated carbocycles. The smallest absolute Gasteiger partial charge is 0.0929 e. The van der Waals surface area contributed by atoms with Crippen LogP contribution in [0.5, 0.6) is 0 Å². The fraction of sp³-hybridized carbons (Fsp3) is 0.267. The molecule has 0 unspecified atom stereocenters. The molecular weight excluding hydrogens is 304 g/mol. The zero-order valence-electron chi connectivity index (χ0n) is 10.8. The molecule has 0 saturated heterocycles. The molecule has 1 heterocycles. The van der Waals surface area contributed by atoms with Crippen molar-refractivity contribution < 1.29 is 5.11 Å². The van der Waals surface area contributed by atoms with Crippen LogP contribution in [0.4, 0.5) is 0 Å². The van der Waals surface area contributed by atoms with Crippen molar-refractivity contribution in [3.63, 3.8) is 0 Å². The third-order valence-electron chi connectivity index (χ3n) is 2.93. The topological polar surface area (TPSA) is 45.1 Å². The number of rotatable bonds is 5. The molecule has 4 heteroatoms. The molecule has 0 aliphatic heterocycles. The number of pyridine rings is 1. The fourth-order valence-corrected chi connectivity index (χ4v) is 2.46. The molecule has 19 heavy (non-hydrogen) atoms. The van der Waals surface area contributed by atoms with E-state index in [2.05, 4.69) is 51.4 Å². The molecule has 3 nitrogen and oxygen atoms in total. The number of aliphatic hydroxyl groups excluding tert-OH is 1. The van der Waals surface area contributed by atoms with E-state index in [-0.39, 0.29) is 0 Å². The van der Waals surface area contributed by atoms with Crippen LogP contribution >= 0.6 is 15.9 Å². The van der Waals surface area contributed by atoms with Crippen LogP contribution in [0, 0.1) is 6.92 Å². The number of nitrogens with zero attached hydrogens (tertiary/aromatic N) is 1. The highest BCUT2D eigenvalue weighted by Gasteiger charge is 2.07. The Balaban J connectivity index is 1.86. The van der Waals surface area contributed by atoms with Gasteiger partial charge in [0.1, 0.15) is 0 Å². The first-order valence-electron chi connectivity index (χ1n) is 6.20. The van der Waals surface area contributed by atoms with E-state index < -0.39 is 6.10 Å². The average molecular weight is 321 g/mol. The van der Waals surface area contributed by atoms with Gasteiger partial charge in [0.2, 0.25) is 0 Å². The number of benzene rings is 1. The maximum absolute atomic E-state index is 10.00. The van der Waals surface area contributed by atoms with Crippen molar-refractivity contribution >= 4 is 15.9 Å². The summed E-state index contributed by atoms with van der Waals surface area (Å²) in [4.78, 5) is 4.00. The minimum Gasteiger partial charge on any atom is -0.387 e. The summed E-state index contributed by atoms with van der Waals surface area (Å²) in [6.07, 6.45) is 2.86. The maximum Gasteiger partial charge on any atom is 0.0929 e. The lowest BCUT2D eigenvalue weighted by molar-refractivity contribution is 0.174. The zero-order chi connectivity index (χ0) is 13.7. The van der Waals surface area contributed by atoms with Crippen LogP contribution in [0.25, 0.3) is 0 Å². The van der Waals surface area contributed by atoms with Gasteiger partial charge in [0.15, 0.2) is 0 Å². The zero-order valence-corrected chi connectivity index (χ0v) is 12.4. The lowest BCUT2D eigenvalue weighted by Crippen LogP contribution is -2.21. The van der Waals surface area contributed by atoms with Crippen LogP contribution < -0.4 is 5.32 Å². The van der Waals surface area contributed by atoms with Crippen molar-refractivity contribution in [2.45, 2.75) is 19.6 Å². The van der Waals surface area contributed by atoms with Crippen LogP contribution in [-0.4, -0.2) is 16.6 Å². The number of aliphatic hydroxyl groups is 1. The van der Waals surface area contributed by atoms with Gasteiger partial charge in [-0.3, -0.25) is 4.98 Å². The van der Waals surface area contributed by atoms with E-state index in [0.717, 1.165) is 16.6 Å². The first-order valence-corrected chi connectivity index (χ1v) is 7.00. The van der Waals surface area contributed by atoms with Gasteiger partial charge in [0.05, 0.1) is 6.10 Å². The van der Waals surface area contributed by atoms with Crippen molar-refractivity contribution in [2.24, 2.45) is 0 Å². The van der Waals surface area contributed by atoms with Crippen molar-refractivity contribution in [2.75, 3.05) is 6.54 Å². The summed E-state index contributed by atoms with van der Waals surface area (Å²) in [5.74, 6) is 0. The number of hydrogen-bond donors (Lipinski definition) is 2. The molecule has 0 bridgehead atoms. The standard InChI is InChI=1S/C15H17BrN2O/c1-11-4-5-12(14(16)7-11)8-18-10-15(19)13-3-2-6-17-9-13/h2-7,9,15,18-19H,8,10H2,1H3/t15-/m1/s1. The Morgan fingerprint density at radius 1 is 1.37 bits per heavy atom. The first-order chi connectivity index (χ1) is 9.16. The Morgan fingerprint density at radius 3 is 2.89 bits per heavy atom. The highest BCUT2D eigenvalue weighted by molar-refractivity contribution is 9.10. The van der Waals surface area contributed by atoms with Gasteiger partial charge in [-0.05, 0) is 30.2 Å². The molecule has 0 spiro atoms. The summed E-state index contributed by atoms with van der Waals surface area (Å²) >= 11 is 3.55. The SMILES string of the molecule is Cc1ccc(CNC[C@@H](O)c2cccnc2)c(Br)c1. The van der Waals surface area contributed by atoms with Crippen LogP contribution in [0.2, 0.25) is 0 Å². The van der Waals surface area contributed by atoms with Gasteiger partial charge in [-0.15, -0.1) is 0 Å². The van der Waals surface area contributed by atoms with Crippen LogP contribution in [-0.2, 0) is 6.54 Å². The van der Waals surface area contributed by atoms with Gasteiger partial charge >= 0.3 is 0 Å². The van der Waals surface area contributed by atoms with Crippen LogP contribution in [0.1, 0.15) is 22.8 Å². The third-order valence-corrected chi connectivity index (χ3v) is 3.67. The molecule has 0 amide bonds. The molecule has 100 valence electrons. The van der Waals surface area contributed by atoms with E-state index in [9.17, 15) is 5.11 Å². The van der Waals surface area contributed by atoms with Gasteiger partial charge < -0.3 is 10.4 Å². The van der Waals surface area contributed by atoms with Crippen molar-refractivity contribution in [3.8, 4) is 0 Å². The number of nitrogens with one attached hydrogen (secondary N) is 1. The molecule has 2 rings (SSSR count). The van der Waals surface area contributed by atoms with Gasteiger partial charge in [0, 0.05) is 35.5 Å². The molecule has 0 aliphatic carbocycles. The molecule has 0 aliphatic rings. The minimum atomic E-state index is -0.530.